The second-order valence-corrected chi connectivity index (χ2v) is 8.46. The lowest BCUT2D eigenvalue weighted by molar-refractivity contribution is -0.143. The number of rotatable bonds is 11. The quantitative estimate of drug-likeness (QED) is 0.379. The third-order valence-corrected chi connectivity index (χ3v) is 5.87. The minimum Gasteiger partial charge on any atom is -0.480 e. The molecule has 11 heteroatoms. The van der Waals surface area contributed by atoms with E-state index in [1.54, 1.807) is 25.1 Å². The number of benzene rings is 1. The van der Waals surface area contributed by atoms with Crippen LogP contribution in [0.4, 0.5) is 0 Å². The van der Waals surface area contributed by atoms with Crippen molar-refractivity contribution in [2.45, 2.75) is 45.3 Å². The van der Waals surface area contributed by atoms with Gasteiger partial charge in [0.05, 0.1) is 10.9 Å². The monoisotopic (exact) mass is 464 g/mol. The number of aliphatic carboxylic acids is 1. The van der Waals surface area contributed by atoms with Crippen LogP contribution in [0.3, 0.4) is 0 Å². The molecule has 0 aliphatic rings. The molecule has 3 atom stereocenters. The average Bonchev–Trinajstić information content (AvgIpc) is 2.76. The van der Waals surface area contributed by atoms with Crippen LogP contribution < -0.4 is 21.9 Å². The summed E-state index contributed by atoms with van der Waals surface area (Å²) in [4.78, 5) is 64.4. The Labute approximate surface area is 188 Å². The van der Waals surface area contributed by atoms with Gasteiger partial charge in [0.2, 0.25) is 11.8 Å². The van der Waals surface area contributed by atoms with Gasteiger partial charge in [-0.3, -0.25) is 19.0 Å². The minimum atomic E-state index is -1.16. The predicted octanol–water partition coefficient (Wildman–Crippen LogP) is 0.543. The van der Waals surface area contributed by atoms with Crippen molar-refractivity contribution >= 4 is 40.4 Å². The molecule has 0 fully saturated rings. The van der Waals surface area contributed by atoms with E-state index >= 15 is 0 Å². The molecule has 1 aromatic heterocycles. The molecule has 0 spiro atoms. The van der Waals surface area contributed by atoms with E-state index in [9.17, 15) is 29.1 Å². The van der Waals surface area contributed by atoms with Gasteiger partial charge in [-0.05, 0) is 36.5 Å². The highest BCUT2D eigenvalue weighted by Gasteiger charge is 2.29. The maximum Gasteiger partial charge on any atom is 0.329 e. The zero-order valence-corrected chi connectivity index (χ0v) is 19.0. The number of nitrogens with one attached hydrogen (secondary N) is 3. The number of hydrogen-bond donors (Lipinski definition) is 4. The highest BCUT2D eigenvalue weighted by atomic mass is 32.2. The average molecular weight is 465 g/mol. The third-order valence-electron chi connectivity index (χ3n) is 5.23. The van der Waals surface area contributed by atoms with Crippen molar-refractivity contribution in [2.75, 3.05) is 12.0 Å². The molecule has 2 rings (SSSR count). The maximum absolute atomic E-state index is 12.7. The normalized spacial score (nSPS) is 13.8. The molecule has 174 valence electrons. The lowest BCUT2D eigenvalue weighted by Gasteiger charge is -2.24. The summed E-state index contributed by atoms with van der Waals surface area (Å²) in [5, 5.41) is 14.7. The number of para-hydroxylation sites is 1. The van der Waals surface area contributed by atoms with Crippen LogP contribution in [0, 0.1) is 5.92 Å². The van der Waals surface area contributed by atoms with Gasteiger partial charge in [-0.25, -0.2) is 9.59 Å². The number of aromatic nitrogens is 2. The first-order valence-electron chi connectivity index (χ1n) is 10.2. The fourth-order valence-electron chi connectivity index (χ4n) is 3.17. The van der Waals surface area contributed by atoms with Crippen molar-refractivity contribution in [3.8, 4) is 0 Å². The van der Waals surface area contributed by atoms with Gasteiger partial charge < -0.3 is 20.7 Å². The van der Waals surface area contributed by atoms with Crippen LogP contribution in [0.15, 0.2) is 33.9 Å². The molecular weight excluding hydrogens is 436 g/mol. The van der Waals surface area contributed by atoms with E-state index in [4.69, 9.17) is 0 Å². The smallest absolute Gasteiger partial charge is 0.329 e. The summed E-state index contributed by atoms with van der Waals surface area (Å²) in [5.74, 6) is -2.25. The second-order valence-electron chi connectivity index (χ2n) is 7.48. The summed E-state index contributed by atoms with van der Waals surface area (Å²) in [6.45, 7) is 2.96. The molecule has 0 radical (unpaired) electrons. The summed E-state index contributed by atoms with van der Waals surface area (Å²) in [6, 6.07) is 4.35. The van der Waals surface area contributed by atoms with Gasteiger partial charge in [0.1, 0.15) is 18.6 Å². The van der Waals surface area contributed by atoms with E-state index < -0.39 is 47.7 Å². The number of carbonyl (C=O) groups excluding carboxylic acids is 2. The molecule has 0 saturated heterocycles. The summed E-state index contributed by atoms with van der Waals surface area (Å²) in [5.41, 5.74) is -0.995. The molecule has 0 aliphatic heterocycles. The predicted molar refractivity (Wildman–Crippen MR) is 123 cm³/mol. The molecule has 0 saturated carbocycles. The number of fused-ring (bicyclic) bond motifs is 1. The van der Waals surface area contributed by atoms with E-state index in [2.05, 4.69) is 15.6 Å². The van der Waals surface area contributed by atoms with Crippen LogP contribution in [0.1, 0.15) is 26.7 Å². The Morgan fingerprint density at radius 1 is 1.19 bits per heavy atom. The van der Waals surface area contributed by atoms with Crippen LogP contribution in [-0.2, 0) is 20.9 Å². The molecule has 0 aliphatic carbocycles. The fourth-order valence-corrected chi connectivity index (χ4v) is 3.64. The van der Waals surface area contributed by atoms with Crippen molar-refractivity contribution < 1.29 is 19.5 Å². The SMILES string of the molecule is CCC(C)[C@H](NC(=O)[C@H](CCSC)NC(=O)Cn1c(=O)[nH]c2ccccc2c1=O)C(=O)O. The molecule has 4 N–H and O–H groups in total. The van der Waals surface area contributed by atoms with Gasteiger partial charge in [-0.15, -0.1) is 0 Å². The van der Waals surface area contributed by atoms with E-state index in [-0.39, 0.29) is 17.7 Å². The zero-order chi connectivity index (χ0) is 23.8. The molecular formula is C21H28N4O6S. The van der Waals surface area contributed by atoms with Crippen LogP contribution in [0.5, 0.6) is 0 Å². The lowest BCUT2D eigenvalue weighted by Crippen LogP contribution is -2.54. The van der Waals surface area contributed by atoms with E-state index in [1.807, 2.05) is 13.2 Å². The number of carbonyl (C=O) groups is 3. The Morgan fingerprint density at radius 3 is 2.50 bits per heavy atom. The number of thioether (sulfide) groups is 1. The topological polar surface area (TPSA) is 150 Å². The van der Waals surface area contributed by atoms with Crippen molar-refractivity contribution in [3.05, 3.63) is 45.1 Å². The van der Waals surface area contributed by atoms with Crippen LogP contribution in [0.2, 0.25) is 0 Å². The van der Waals surface area contributed by atoms with E-state index in [0.717, 1.165) is 4.57 Å². The first-order valence-corrected chi connectivity index (χ1v) is 11.6. The van der Waals surface area contributed by atoms with Crippen molar-refractivity contribution in [1.82, 2.24) is 20.2 Å². The third kappa shape index (κ3) is 6.22. The van der Waals surface area contributed by atoms with Gasteiger partial charge in [-0.2, -0.15) is 11.8 Å². The summed E-state index contributed by atoms with van der Waals surface area (Å²) in [6.07, 6.45) is 2.64. The molecule has 2 amide bonds. The van der Waals surface area contributed by atoms with Crippen LogP contribution in [-0.4, -0.2) is 56.5 Å². The van der Waals surface area contributed by atoms with Crippen molar-refractivity contribution in [3.63, 3.8) is 0 Å². The zero-order valence-electron chi connectivity index (χ0n) is 18.2. The number of nitrogens with zero attached hydrogens (tertiary/aromatic N) is 1. The first-order chi connectivity index (χ1) is 15.2. The second kappa shape index (κ2) is 11.5. The number of hydrogen-bond acceptors (Lipinski definition) is 6. The molecule has 10 nitrogen and oxygen atoms in total. The molecule has 1 aromatic carbocycles. The number of carboxylic acid groups (broad SMARTS) is 1. The Morgan fingerprint density at radius 2 is 1.88 bits per heavy atom. The van der Waals surface area contributed by atoms with Gasteiger partial charge in [0.25, 0.3) is 5.56 Å². The van der Waals surface area contributed by atoms with Crippen molar-refractivity contribution in [2.24, 2.45) is 5.92 Å². The van der Waals surface area contributed by atoms with Crippen LogP contribution in [0.25, 0.3) is 10.9 Å². The van der Waals surface area contributed by atoms with E-state index in [1.165, 1.54) is 17.8 Å². The standard InChI is InChI=1S/C21H28N4O6S/c1-4-12(2)17(20(29)30)24-18(27)15(9-10-32-3)22-16(26)11-25-19(28)13-7-5-6-8-14(13)23-21(25)31/h5-8,12,15,17H,4,9-11H2,1-3H3,(H,22,26)(H,23,31)(H,24,27)(H,29,30)/t12?,15-,17-/m0/s1. The molecule has 0 bridgehead atoms. The largest absolute Gasteiger partial charge is 0.480 e. The Bertz CT molecular complexity index is 1100. The van der Waals surface area contributed by atoms with Crippen molar-refractivity contribution in [1.29, 1.82) is 0 Å². The highest BCUT2D eigenvalue weighted by molar-refractivity contribution is 7.98. The molecule has 1 unspecified atom stereocenters. The number of amides is 2. The molecule has 2 aromatic rings. The van der Waals surface area contributed by atoms with Gasteiger partial charge in [0, 0.05) is 0 Å². The Kier molecular flexibility index (Phi) is 9.06. The maximum atomic E-state index is 12.7. The Balaban J connectivity index is 2.20. The molecule has 32 heavy (non-hydrogen) atoms. The molecule has 1 heterocycles. The number of carboxylic acids is 1. The highest BCUT2D eigenvalue weighted by Crippen LogP contribution is 2.09. The van der Waals surface area contributed by atoms with Crippen LogP contribution >= 0.6 is 11.8 Å². The summed E-state index contributed by atoms with van der Waals surface area (Å²) >= 11 is 1.46. The van der Waals surface area contributed by atoms with Gasteiger partial charge in [-0.1, -0.05) is 32.4 Å². The summed E-state index contributed by atoms with van der Waals surface area (Å²) in [7, 11) is 0. The number of aromatic amines is 1. The summed E-state index contributed by atoms with van der Waals surface area (Å²) < 4.78 is 0.764. The fraction of sp³-hybridized carbons (Fsp3) is 0.476. The number of H-pyrrole nitrogens is 1. The Hall–Kier alpha value is -3.08. The van der Waals surface area contributed by atoms with Gasteiger partial charge >= 0.3 is 11.7 Å². The lowest BCUT2D eigenvalue weighted by atomic mass is 9.99. The minimum absolute atomic E-state index is 0.258. The van der Waals surface area contributed by atoms with Gasteiger partial charge in [0.15, 0.2) is 0 Å². The van der Waals surface area contributed by atoms with E-state index in [0.29, 0.717) is 17.7 Å². The first kappa shape index (κ1) is 25.2.